The van der Waals surface area contributed by atoms with Crippen LogP contribution in [-0.4, -0.2) is 34.2 Å². The summed E-state index contributed by atoms with van der Waals surface area (Å²) in [6, 6.07) is 2.83. The Morgan fingerprint density at radius 1 is 0.909 bits per heavy atom. The Bertz CT molecular complexity index is 448. The van der Waals surface area contributed by atoms with Gasteiger partial charge in [-0.05, 0) is 26.7 Å². The third-order valence-corrected chi connectivity index (χ3v) is 3.23. The van der Waals surface area contributed by atoms with E-state index < -0.39 is 35.9 Å². The highest BCUT2D eigenvalue weighted by molar-refractivity contribution is 5.67. The van der Waals surface area contributed by atoms with E-state index >= 15 is 0 Å². The Labute approximate surface area is 129 Å². The maximum atomic E-state index is 10.6. The number of carboxylic acid groups (broad SMARTS) is 2. The second-order valence-corrected chi connectivity index (χ2v) is 5.07. The first-order valence-corrected chi connectivity index (χ1v) is 6.94. The Morgan fingerprint density at radius 3 is 1.45 bits per heavy atom. The van der Waals surface area contributed by atoms with Gasteiger partial charge in [0.25, 0.3) is 0 Å². The number of rotatable bonds is 10. The van der Waals surface area contributed by atoms with E-state index in [1.54, 1.807) is 13.8 Å². The molecule has 0 aliphatic heterocycles. The van der Waals surface area contributed by atoms with E-state index in [0.29, 0.717) is 0 Å². The van der Waals surface area contributed by atoms with E-state index in [9.17, 15) is 9.59 Å². The van der Waals surface area contributed by atoms with Crippen LogP contribution < -0.4 is 0 Å². The highest BCUT2D eigenvalue weighted by Crippen LogP contribution is 2.18. The summed E-state index contributed by atoms with van der Waals surface area (Å²) in [7, 11) is 0. The SMILES string of the molecule is CC(C#N)C(CCC(=O)O)N=NC(CCC(=O)O)C(C)C#N. The highest BCUT2D eigenvalue weighted by atomic mass is 16.4. The van der Waals surface area contributed by atoms with Crippen LogP contribution in [0.25, 0.3) is 0 Å². The molecule has 4 unspecified atom stereocenters. The van der Waals surface area contributed by atoms with E-state index in [1.807, 2.05) is 12.1 Å². The summed E-state index contributed by atoms with van der Waals surface area (Å²) in [5, 5.41) is 43.3. The Kier molecular flexibility index (Phi) is 9.12. The van der Waals surface area contributed by atoms with Gasteiger partial charge in [-0.25, -0.2) is 0 Å². The summed E-state index contributed by atoms with van der Waals surface area (Å²) in [4.78, 5) is 21.2. The van der Waals surface area contributed by atoms with Crippen LogP contribution >= 0.6 is 0 Å². The van der Waals surface area contributed by atoms with Crippen molar-refractivity contribution >= 4 is 11.9 Å². The molecule has 0 aromatic heterocycles. The first kappa shape index (κ1) is 19.5. The Morgan fingerprint density at radius 2 is 1.23 bits per heavy atom. The molecule has 0 rings (SSSR count). The predicted molar refractivity (Wildman–Crippen MR) is 75.7 cm³/mol. The maximum absolute atomic E-state index is 10.6. The molecule has 0 aromatic rings. The standard InChI is InChI=1S/C14H20N4O4/c1-9(7-15)11(3-5-13(19)20)17-18-12(10(2)8-16)4-6-14(21)22/h9-12H,3-6H2,1-2H3,(H,19,20)(H,21,22). The van der Waals surface area contributed by atoms with Crippen molar-refractivity contribution in [1.82, 2.24) is 0 Å². The van der Waals surface area contributed by atoms with Crippen LogP contribution in [0.4, 0.5) is 0 Å². The van der Waals surface area contributed by atoms with Crippen molar-refractivity contribution < 1.29 is 19.8 Å². The van der Waals surface area contributed by atoms with Gasteiger partial charge in [0.05, 0.1) is 36.1 Å². The van der Waals surface area contributed by atoms with Gasteiger partial charge in [0.1, 0.15) is 0 Å². The minimum atomic E-state index is -0.988. The van der Waals surface area contributed by atoms with Crippen LogP contribution in [0.15, 0.2) is 10.2 Å². The zero-order valence-corrected chi connectivity index (χ0v) is 12.6. The molecular weight excluding hydrogens is 288 g/mol. The average molecular weight is 308 g/mol. The van der Waals surface area contributed by atoms with Crippen molar-refractivity contribution in [2.24, 2.45) is 22.1 Å². The van der Waals surface area contributed by atoms with Gasteiger partial charge in [-0.15, -0.1) is 0 Å². The lowest BCUT2D eigenvalue weighted by Crippen LogP contribution is -2.19. The molecule has 0 fully saturated rings. The van der Waals surface area contributed by atoms with Gasteiger partial charge in [0.2, 0.25) is 0 Å². The highest BCUT2D eigenvalue weighted by Gasteiger charge is 2.21. The quantitative estimate of drug-likeness (QED) is 0.591. The van der Waals surface area contributed by atoms with Crippen LogP contribution in [0.1, 0.15) is 39.5 Å². The molecule has 0 heterocycles. The number of aliphatic carboxylic acids is 2. The Balaban J connectivity index is 4.95. The van der Waals surface area contributed by atoms with Gasteiger partial charge in [-0.3, -0.25) is 9.59 Å². The zero-order chi connectivity index (χ0) is 17.1. The van der Waals surface area contributed by atoms with Crippen LogP contribution in [0.2, 0.25) is 0 Å². The molecule has 22 heavy (non-hydrogen) atoms. The largest absolute Gasteiger partial charge is 0.481 e. The lowest BCUT2D eigenvalue weighted by atomic mass is 9.99. The van der Waals surface area contributed by atoms with Crippen molar-refractivity contribution in [2.45, 2.75) is 51.6 Å². The molecule has 4 atom stereocenters. The number of hydrogen-bond donors (Lipinski definition) is 2. The fraction of sp³-hybridized carbons (Fsp3) is 0.714. The van der Waals surface area contributed by atoms with Gasteiger partial charge in [-0.1, -0.05) is 0 Å². The molecule has 8 heteroatoms. The maximum Gasteiger partial charge on any atom is 0.303 e. The summed E-state index contributed by atoms with van der Waals surface area (Å²) in [6.07, 6.45) is 0.0624. The van der Waals surface area contributed by atoms with Crippen LogP contribution in [-0.2, 0) is 9.59 Å². The molecule has 0 radical (unpaired) electrons. The summed E-state index contributed by atoms with van der Waals surface area (Å²) in [5.41, 5.74) is 0. The number of nitriles is 2. The molecule has 0 bridgehead atoms. The van der Waals surface area contributed by atoms with Crippen molar-refractivity contribution in [3.05, 3.63) is 0 Å². The molecule has 0 aromatic carbocycles. The van der Waals surface area contributed by atoms with Crippen LogP contribution in [0.5, 0.6) is 0 Å². The zero-order valence-electron chi connectivity index (χ0n) is 12.6. The number of carbonyl (C=O) groups is 2. The van der Waals surface area contributed by atoms with Gasteiger partial charge < -0.3 is 10.2 Å². The minimum Gasteiger partial charge on any atom is -0.481 e. The molecule has 0 spiro atoms. The van der Waals surface area contributed by atoms with E-state index in [0.717, 1.165) is 0 Å². The topological polar surface area (TPSA) is 147 Å². The van der Waals surface area contributed by atoms with Crippen molar-refractivity contribution in [2.75, 3.05) is 0 Å². The monoisotopic (exact) mass is 308 g/mol. The molecule has 2 N–H and O–H groups in total. The smallest absolute Gasteiger partial charge is 0.303 e. The van der Waals surface area contributed by atoms with Crippen molar-refractivity contribution in [1.29, 1.82) is 10.5 Å². The second kappa shape index (κ2) is 10.3. The van der Waals surface area contributed by atoms with Crippen LogP contribution in [0.3, 0.4) is 0 Å². The summed E-state index contributed by atoms with van der Waals surface area (Å²) >= 11 is 0. The first-order chi connectivity index (χ1) is 10.3. The number of hydrogen-bond acceptors (Lipinski definition) is 6. The van der Waals surface area contributed by atoms with Gasteiger partial charge >= 0.3 is 11.9 Å². The third-order valence-electron chi connectivity index (χ3n) is 3.23. The normalized spacial score (nSPS) is 16.2. The summed E-state index contributed by atoms with van der Waals surface area (Å²) in [6.45, 7) is 3.23. The number of carboxylic acids is 2. The lowest BCUT2D eigenvalue weighted by molar-refractivity contribution is -0.138. The second-order valence-electron chi connectivity index (χ2n) is 5.07. The molecule has 8 nitrogen and oxygen atoms in total. The third kappa shape index (κ3) is 7.95. The van der Waals surface area contributed by atoms with E-state index in [-0.39, 0.29) is 25.7 Å². The summed E-state index contributed by atoms with van der Waals surface area (Å²) < 4.78 is 0. The fourth-order valence-corrected chi connectivity index (χ4v) is 1.70. The predicted octanol–water partition coefficient (Wildman–Crippen LogP) is 2.22. The molecule has 0 aliphatic rings. The van der Waals surface area contributed by atoms with Crippen molar-refractivity contribution in [3.8, 4) is 12.1 Å². The van der Waals surface area contributed by atoms with E-state index in [2.05, 4.69) is 10.2 Å². The van der Waals surface area contributed by atoms with E-state index in [1.165, 1.54) is 0 Å². The molecule has 0 amide bonds. The van der Waals surface area contributed by atoms with Gasteiger partial charge in [0.15, 0.2) is 0 Å². The number of nitrogens with zero attached hydrogens (tertiary/aromatic N) is 4. The van der Waals surface area contributed by atoms with Gasteiger partial charge in [-0.2, -0.15) is 20.8 Å². The van der Waals surface area contributed by atoms with Crippen molar-refractivity contribution in [3.63, 3.8) is 0 Å². The molecule has 0 aliphatic carbocycles. The van der Waals surface area contributed by atoms with Crippen LogP contribution in [0, 0.1) is 34.5 Å². The van der Waals surface area contributed by atoms with Gasteiger partial charge in [0, 0.05) is 12.8 Å². The number of azo groups is 1. The Hall–Kier alpha value is -2.48. The summed E-state index contributed by atoms with van der Waals surface area (Å²) in [5.74, 6) is -3.00. The molecule has 0 saturated heterocycles. The first-order valence-electron chi connectivity index (χ1n) is 6.94. The molecule has 120 valence electrons. The van der Waals surface area contributed by atoms with E-state index in [4.69, 9.17) is 20.7 Å². The minimum absolute atomic E-state index is 0.136. The molecule has 0 saturated carbocycles. The molecular formula is C14H20N4O4. The fourth-order valence-electron chi connectivity index (χ4n) is 1.70. The lowest BCUT2D eigenvalue weighted by Gasteiger charge is -2.16. The average Bonchev–Trinajstić information content (AvgIpc) is 2.47.